The summed E-state index contributed by atoms with van der Waals surface area (Å²) in [7, 11) is -1.87. The molecule has 0 aromatic carbocycles. The molecule has 166 valence electrons. The number of rotatable bonds is 7. The van der Waals surface area contributed by atoms with E-state index in [1.807, 2.05) is 34.6 Å². The zero-order valence-electron chi connectivity index (χ0n) is 19.7. The Morgan fingerprint density at radius 3 is 2.29 bits per heavy atom. The van der Waals surface area contributed by atoms with Crippen molar-refractivity contribution in [3.05, 3.63) is 0 Å². The van der Waals surface area contributed by atoms with Crippen LogP contribution < -0.4 is 0 Å². The van der Waals surface area contributed by atoms with Gasteiger partial charge in [-0.1, -0.05) is 20.8 Å². The van der Waals surface area contributed by atoms with Crippen LogP contribution in [0.4, 0.5) is 4.79 Å². The second-order valence-electron chi connectivity index (χ2n) is 10.9. The summed E-state index contributed by atoms with van der Waals surface area (Å²) >= 11 is 0. The molecular formula is C21H43NO5Si. The molecule has 0 bridgehead atoms. The van der Waals surface area contributed by atoms with Gasteiger partial charge in [0.2, 0.25) is 0 Å². The molecule has 1 aliphatic rings. The van der Waals surface area contributed by atoms with Gasteiger partial charge < -0.3 is 19.0 Å². The number of hydrogen-bond acceptors (Lipinski definition) is 5. The van der Waals surface area contributed by atoms with Crippen LogP contribution in [0.25, 0.3) is 0 Å². The molecule has 7 heteroatoms. The van der Waals surface area contributed by atoms with Gasteiger partial charge in [-0.2, -0.15) is 0 Å². The fourth-order valence-corrected chi connectivity index (χ4v) is 4.20. The maximum absolute atomic E-state index is 12.8. The molecule has 0 aliphatic carbocycles. The van der Waals surface area contributed by atoms with E-state index in [0.717, 1.165) is 6.42 Å². The number of carbonyl (C=O) groups excluding carboxylic acids is 1. The standard InChI is InChI=1S/C21H43NO5Si/c1-19(2,3)27-18(24)22-17(15-25-21(22,7)8)13-16(11-12-23)14-26-28(9,10)20(4,5)6/h16-17,23H,11-15H2,1-10H3/t16-,17?/m1/s1. The van der Waals surface area contributed by atoms with Crippen molar-refractivity contribution < 1.29 is 23.8 Å². The summed E-state index contributed by atoms with van der Waals surface area (Å²) in [6.45, 7) is 21.7. The predicted octanol–water partition coefficient (Wildman–Crippen LogP) is 4.77. The van der Waals surface area contributed by atoms with Crippen LogP contribution >= 0.6 is 0 Å². The van der Waals surface area contributed by atoms with Gasteiger partial charge in [0.25, 0.3) is 0 Å². The number of carbonyl (C=O) groups is 1. The van der Waals surface area contributed by atoms with Crippen molar-refractivity contribution >= 4 is 14.4 Å². The topological polar surface area (TPSA) is 68.2 Å². The number of ether oxygens (including phenoxy) is 2. The smallest absolute Gasteiger partial charge is 0.412 e. The quantitative estimate of drug-likeness (QED) is 0.604. The van der Waals surface area contributed by atoms with Gasteiger partial charge in [-0.3, -0.25) is 4.90 Å². The molecule has 1 amide bonds. The Balaban J connectivity index is 2.88. The van der Waals surface area contributed by atoms with Crippen molar-refractivity contribution in [1.82, 2.24) is 4.90 Å². The first-order valence-electron chi connectivity index (χ1n) is 10.4. The van der Waals surface area contributed by atoms with Crippen molar-refractivity contribution in [2.45, 2.75) is 104 Å². The third-order valence-corrected chi connectivity index (χ3v) is 10.3. The van der Waals surface area contributed by atoms with Crippen LogP contribution in [0.15, 0.2) is 0 Å². The molecule has 0 aromatic heterocycles. The number of amides is 1. The third kappa shape index (κ3) is 7.01. The van der Waals surface area contributed by atoms with Crippen molar-refractivity contribution in [2.75, 3.05) is 19.8 Å². The lowest BCUT2D eigenvalue weighted by atomic mass is 9.97. The van der Waals surface area contributed by atoms with Gasteiger partial charge >= 0.3 is 6.09 Å². The minimum atomic E-state index is -1.87. The summed E-state index contributed by atoms with van der Waals surface area (Å²) in [4.78, 5) is 14.5. The molecule has 1 N–H and O–H groups in total. The van der Waals surface area contributed by atoms with E-state index in [1.54, 1.807) is 4.90 Å². The molecule has 6 nitrogen and oxygen atoms in total. The second-order valence-corrected chi connectivity index (χ2v) is 15.8. The summed E-state index contributed by atoms with van der Waals surface area (Å²) in [5, 5.41) is 9.69. The highest BCUT2D eigenvalue weighted by Crippen LogP contribution is 2.38. The summed E-state index contributed by atoms with van der Waals surface area (Å²) in [6.07, 6.45) is 1.01. The van der Waals surface area contributed by atoms with Crippen LogP contribution in [0.1, 0.15) is 68.2 Å². The van der Waals surface area contributed by atoms with E-state index in [0.29, 0.717) is 19.6 Å². The lowest BCUT2D eigenvalue weighted by molar-refractivity contribution is -0.0633. The van der Waals surface area contributed by atoms with Crippen molar-refractivity contribution in [2.24, 2.45) is 5.92 Å². The predicted molar refractivity (Wildman–Crippen MR) is 115 cm³/mol. The second kappa shape index (κ2) is 9.02. The average molecular weight is 418 g/mol. The highest BCUT2D eigenvalue weighted by Gasteiger charge is 2.46. The van der Waals surface area contributed by atoms with Crippen LogP contribution in [-0.4, -0.2) is 61.6 Å². The molecule has 28 heavy (non-hydrogen) atoms. The fourth-order valence-electron chi connectivity index (χ4n) is 3.12. The molecule has 0 saturated carbocycles. The number of aliphatic hydroxyl groups is 1. The van der Waals surface area contributed by atoms with Crippen LogP contribution in [0.3, 0.4) is 0 Å². The molecule has 1 unspecified atom stereocenters. The number of aliphatic hydroxyl groups excluding tert-OH is 1. The van der Waals surface area contributed by atoms with Gasteiger partial charge in [0.1, 0.15) is 11.3 Å². The van der Waals surface area contributed by atoms with E-state index in [9.17, 15) is 9.90 Å². The molecular weight excluding hydrogens is 374 g/mol. The molecule has 1 saturated heterocycles. The zero-order chi connectivity index (χ0) is 22.0. The largest absolute Gasteiger partial charge is 0.444 e. The van der Waals surface area contributed by atoms with E-state index < -0.39 is 19.6 Å². The lowest BCUT2D eigenvalue weighted by Gasteiger charge is -2.38. The molecule has 1 heterocycles. The first-order chi connectivity index (χ1) is 12.5. The molecule has 1 fully saturated rings. The summed E-state index contributed by atoms with van der Waals surface area (Å²) < 4.78 is 17.9. The Kier molecular flexibility index (Phi) is 8.18. The van der Waals surface area contributed by atoms with Crippen molar-refractivity contribution in [3.63, 3.8) is 0 Å². The Hall–Kier alpha value is -0.633. The number of nitrogens with zero attached hydrogens (tertiary/aromatic N) is 1. The monoisotopic (exact) mass is 417 g/mol. The molecule has 1 aliphatic heterocycles. The molecule has 0 radical (unpaired) electrons. The van der Waals surface area contributed by atoms with E-state index in [4.69, 9.17) is 13.9 Å². The van der Waals surface area contributed by atoms with E-state index in [2.05, 4.69) is 33.9 Å². The number of hydrogen-bond donors (Lipinski definition) is 1. The Morgan fingerprint density at radius 2 is 1.82 bits per heavy atom. The maximum Gasteiger partial charge on any atom is 0.412 e. The first kappa shape index (κ1) is 25.4. The van der Waals surface area contributed by atoms with Gasteiger partial charge in [-0.25, -0.2) is 4.79 Å². The van der Waals surface area contributed by atoms with Gasteiger partial charge in [-0.15, -0.1) is 0 Å². The third-order valence-electron chi connectivity index (χ3n) is 5.79. The lowest BCUT2D eigenvalue weighted by Crippen LogP contribution is -2.50. The van der Waals surface area contributed by atoms with Crippen molar-refractivity contribution in [1.29, 1.82) is 0 Å². The Bertz CT molecular complexity index is 522. The maximum atomic E-state index is 12.8. The molecule has 1 rings (SSSR count). The van der Waals surface area contributed by atoms with Crippen LogP contribution in [0.2, 0.25) is 18.1 Å². The van der Waals surface area contributed by atoms with E-state index in [1.165, 1.54) is 0 Å². The van der Waals surface area contributed by atoms with Gasteiger partial charge in [0.05, 0.1) is 12.6 Å². The van der Waals surface area contributed by atoms with Crippen LogP contribution in [-0.2, 0) is 13.9 Å². The molecule has 0 spiro atoms. The van der Waals surface area contributed by atoms with Gasteiger partial charge in [-0.05, 0) is 71.5 Å². The highest BCUT2D eigenvalue weighted by molar-refractivity contribution is 6.74. The minimum Gasteiger partial charge on any atom is -0.444 e. The fraction of sp³-hybridized carbons (Fsp3) is 0.952. The van der Waals surface area contributed by atoms with Crippen LogP contribution in [0.5, 0.6) is 0 Å². The SMILES string of the molecule is CC(C)(C)OC(=O)N1C(C[C@@H](CCO)CO[Si](C)(C)C(C)(C)C)COC1(C)C. The summed E-state index contributed by atoms with van der Waals surface area (Å²) in [5.41, 5.74) is -1.27. The molecule has 2 atom stereocenters. The van der Waals surface area contributed by atoms with Gasteiger partial charge in [0.15, 0.2) is 8.32 Å². The Morgan fingerprint density at radius 1 is 1.25 bits per heavy atom. The molecule has 0 aromatic rings. The van der Waals surface area contributed by atoms with Gasteiger partial charge in [0, 0.05) is 13.2 Å². The summed E-state index contributed by atoms with van der Waals surface area (Å²) in [6, 6.07) is -0.0931. The van der Waals surface area contributed by atoms with Crippen molar-refractivity contribution in [3.8, 4) is 0 Å². The Labute approximate surface area is 173 Å². The normalized spacial score (nSPS) is 21.7. The highest BCUT2D eigenvalue weighted by atomic mass is 28.4. The minimum absolute atomic E-state index is 0.0931. The first-order valence-corrected chi connectivity index (χ1v) is 13.3. The average Bonchev–Trinajstić information content (AvgIpc) is 2.77. The zero-order valence-corrected chi connectivity index (χ0v) is 20.7. The summed E-state index contributed by atoms with van der Waals surface area (Å²) in [5.74, 6) is 0.159. The van der Waals surface area contributed by atoms with Crippen LogP contribution in [0, 0.1) is 5.92 Å². The van der Waals surface area contributed by atoms with E-state index >= 15 is 0 Å². The van der Waals surface area contributed by atoms with E-state index in [-0.39, 0.29) is 29.7 Å².